The Morgan fingerprint density at radius 1 is 1.50 bits per heavy atom. The average Bonchev–Trinajstić information content (AvgIpc) is 3.03. The topological polar surface area (TPSA) is 73.0 Å². The van der Waals surface area contributed by atoms with Gasteiger partial charge in [0.05, 0.1) is 6.54 Å². The third-order valence-electron chi connectivity index (χ3n) is 2.77. The second-order valence-electron chi connectivity index (χ2n) is 4.29. The van der Waals surface area contributed by atoms with E-state index in [1.54, 1.807) is 19.2 Å². The van der Waals surface area contributed by atoms with Gasteiger partial charge < -0.3 is 9.73 Å². The van der Waals surface area contributed by atoms with E-state index in [0.29, 0.717) is 11.2 Å². The number of aromatic nitrogens is 3. The number of carbonyl (C=O) groups is 1. The third-order valence-corrected chi connectivity index (χ3v) is 2.77. The zero-order valence-corrected chi connectivity index (χ0v) is 10.6. The minimum atomic E-state index is -0.493. The Kier molecular flexibility index (Phi) is 2.94. The Morgan fingerprint density at radius 2 is 2.35 bits per heavy atom. The Hall–Kier alpha value is -2.70. The summed E-state index contributed by atoms with van der Waals surface area (Å²) in [5, 5.41) is 7.20. The molecule has 0 atom stereocenters. The summed E-state index contributed by atoms with van der Waals surface area (Å²) in [6.45, 7) is 0.180. The molecule has 0 saturated carbocycles. The Balaban J connectivity index is 1.77. The van der Waals surface area contributed by atoms with E-state index in [1.807, 2.05) is 0 Å². The predicted octanol–water partition coefficient (Wildman–Crippen LogP) is 1.63. The van der Waals surface area contributed by atoms with Crippen molar-refractivity contribution >= 4 is 16.9 Å². The maximum Gasteiger partial charge on any atom is 0.287 e. The summed E-state index contributed by atoms with van der Waals surface area (Å²) >= 11 is 0. The quantitative estimate of drug-likeness (QED) is 0.787. The molecular formula is C13H11FN4O2. The van der Waals surface area contributed by atoms with Gasteiger partial charge >= 0.3 is 0 Å². The lowest BCUT2D eigenvalue weighted by Crippen LogP contribution is -2.23. The van der Waals surface area contributed by atoms with Gasteiger partial charge in [-0.05, 0) is 12.1 Å². The van der Waals surface area contributed by atoms with Crippen molar-refractivity contribution in [3.8, 4) is 0 Å². The summed E-state index contributed by atoms with van der Waals surface area (Å²) in [5.41, 5.74) is 0.0774. The van der Waals surface area contributed by atoms with Crippen LogP contribution in [0.3, 0.4) is 0 Å². The third kappa shape index (κ3) is 2.25. The first-order valence-corrected chi connectivity index (χ1v) is 5.94. The number of aryl methyl sites for hydroxylation is 1. The predicted molar refractivity (Wildman–Crippen MR) is 68.3 cm³/mol. The van der Waals surface area contributed by atoms with Crippen LogP contribution in [0.1, 0.15) is 16.4 Å². The number of nitrogens with zero attached hydrogens (tertiary/aromatic N) is 3. The molecule has 0 spiro atoms. The molecule has 0 saturated heterocycles. The van der Waals surface area contributed by atoms with E-state index in [-0.39, 0.29) is 17.9 Å². The minimum absolute atomic E-state index is 0.0565. The lowest BCUT2D eigenvalue weighted by molar-refractivity contribution is 0.0924. The van der Waals surface area contributed by atoms with Crippen LogP contribution in [-0.4, -0.2) is 20.7 Å². The molecule has 0 bridgehead atoms. The summed E-state index contributed by atoms with van der Waals surface area (Å²) in [5.74, 6) is -0.384. The fraction of sp³-hybridized carbons (Fsp3) is 0.154. The molecule has 0 radical (unpaired) electrons. The molecule has 1 aromatic carbocycles. The van der Waals surface area contributed by atoms with Gasteiger partial charge in [0.15, 0.2) is 23.0 Å². The summed E-state index contributed by atoms with van der Waals surface area (Å²) in [4.78, 5) is 15.9. The highest BCUT2D eigenvalue weighted by atomic mass is 19.1. The Labute approximate surface area is 113 Å². The van der Waals surface area contributed by atoms with E-state index in [4.69, 9.17) is 4.42 Å². The van der Waals surface area contributed by atoms with Crippen LogP contribution in [0.4, 0.5) is 4.39 Å². The van der Waals surface area contributed by atoms with Crippen molar-refractivity contribution in [1.29, 1.82) is 0 Å². The van der Waals surface area contributed by atoms with E-state index in [2.05, 4.69) is 15.4 Å². The maximum atomic E-state index is 13.5. The molecule has 3 rings (SSSR count). The molecule has 7 heteroatoms. The molecule has 2 heterocycles. The largest absolute Gasteiger partial charge is 0.448 e. The van der Waals surface area contributed by atoms with Crippen molar-refractivity contribution in [3.05, 3.63) is 48.0 Å². The lowest BCUT2D eigenvalue weighted by Gasteiger charge is -1.98. The summed E-state index contributed by atoms with van der Waals surface area (Å²) in [6.07, 6.45) is 1.54. The monoisotopic (exact) mass is 274 g/mol. The fourth-order valence-corrected chi connectivity index (χ4v) is 1.85. The first-order valence-electron chi connectivity index (χ1n) is 5.94. The van der Waals surface area contributed by atoms with Crippen LogP contribution in [0, 0.1) is 5.82 Å². The number of hydrogen-bond acceptors (Lipinski definition) is 4. The van der Waals surface area contributed by atoms with Crippen molar-refractivity contribution < 1.29 is 13.6 Å². The van der Waals surface area contributed by atoms with Crippen molar-refractivity contribution in [2.45, 2.75) is 6.54 Å². The summed E-state index contributed by atoms with van der Waals surface area (Å²) in [7, 11) is 1.74. The Bertz CT molecular complexity index is 778. The van der Waals surface area contributed by atoms with Crippen molar-refractivity contribution in [2.75, 3.05) is 0 Å². The van der Waals surface area contributed by atoms with Gasteiger partial charge in [-0.2, -0.15) is 5.10 Å². The zero-order chi connectivity index (χ0) is 14.1. The van der Waals surface area contributed by atoms with Crippen molar-refractivity contribution in [1.82, 2.24) is 20.1 Å². The van der Waals surface area contributed by atoms with Crippen LogP contribution < -0.4 is 5.32 Å². The molecule has 102 valence electrons. The summed E-state index contributed by atoms with van der Waals surface area (Å²) < 4.78 is 20.2. The van der Waals surface area contributed by atoms with E-state index in [0.717, 1.165) is 0 Å². The SMILES string of the molecule is Cn1cnc(CNC(=O)c2cc3cccc(F)c3o2)n1. The first kappa shape index (κ1) is 12.3. The first-order chi connectivity index (χ1) is 9.63. The second-order valence-corrected chi connectivity index (χ2v) is 4.29. The van der Waals surface area contributed by atoms with E-state index in [9.17, 15) is 9.18 Å². The number of furan rings is 1. The fourth-order valence-electron chi connectivity index (χ4n) is 1.85. The molecule has 20 heavy (non-hydrogen) atoms. The highest BCUT2D eigenvalue weighted by Crippen LogP contribution is 2.21. The van der Waals surface area contributed by atoms with Gasteiger partial charge in [0.2, 0.25) is 0 Å². The van der Waals surface area contributed by atoms with Crippen LogP contribution in [0.2, 0.25) is 0 Å². The van der Waals surface area contributed by atoms with Gasteiger partial charge in [0.1, 0.15) is 6.33 Å². The van der Waals surface area contributed by atoms with E-state index in [1.165, 1.54) is 23.1 Å². The smallest absolute Gasteiger partial charge is 0.287 e. The highest BCUT2D eigenvalue weighted by Gasteiger charge is 2.14. The molecule has 1 N–H and O–H groups in total. The second kappa shape index (κ2) is 4.76. The van der Waals surface area contributed by atoms with Gasteiger partial charge in [-0.25, -0.2) is 9.37 Å². The zero-order valence-electron chi connectivity index (χ0n) is 10.6. The number of benzene rings is 1. The van der Waals surface area contributed by atoms with Gasteiger partial charge in [-0.15, -0.1) is 0 Å². The number of hydrogen-bond donors (Lipinski definition) is 1. The number of carbonyl (C=O) groups excluding carboxylic acids is 1. The number of para-hydroxylation sites is 1. The Morgan fingerprint density at radius 3 is 3.05 bits per heavy atom. The number of halogens is 1. The molecular weight excluding hydrogens is 263 g/mol. The number of fused-ring (bicyclic) bond motifs is 1. The van der Waals surface area contributed by atoms with Crippen LogP contribution in [-0.2, 0) is 13.6 Å². The molecule has 0 aliphatic carbocycles. The lowest BCUT2D eigenvalue weighted by atomic mass is 10.2. The molecule has 1 amide bonds. The van der Waals surface area contributed by atoms with Crippen molar-refractivity contribution in [3.63, 3.8) is 0 Å². The normalized spacial score (nSPS) is 10.9. The highest BCUT2D eigenvalue weighted by molar-refractivity contribution is 5.96. The van der Waals surface area contributed by atoms with E-state index >= 15 is 0 Å². The number of rotatable bonds is 3. The molecule has 0 fully saturated rings. The molecule has 0 unspecified atom stereocenters. The molecule has 6 nitrogen and oxygen atoms in total. The van der Waals surface area contributed by atoms with Crippen LogP contribution >= 0.6 is 0 Å². The molecule has 0 aliphatic rings. The number of nitrogens with one attached hydrogen (secondary N) is 1. The molecule has 0 aliphatic heterocycles. The number of amides is 1. The molecule has 2 aromatic heterocycles. The van der Waals surface area contributed by atoms with E-state index < -0.39 is 11.7 Å². The van der Waals surface area contributed by atoms with Crippen LogP contribution in [0.15, 0.2) is 35.0 Å². The minimum Gasteiger partial charge on any atom is -0.448 e. The average molecular weight is 274 g/mol. The van der Waals surface area contributed by atoms with Gasteiger partial charge in [0, 0.05) is 12.4 Å². The van der Waals surface area contributed by atoms with Gasteiger partial charge in [0.25, 0.3) is 5.91 Å². The maximum absolute atomic E-state index is 13.5. The van der Waals surface area contributed by atoms with Crippen LogP contribution in [0.5, 0.6) is 0 Å². The van der Waals surface area contributed by atoms with Crippen LogP contribution in [0.25, 0.3) is 11.0 Å². The van der Waals surface area contributed by atoms with Gasteiger partial charge in [-0.3, -0.25) is 9.48 Å². The van der Waals surface area contributed by atoms with Gasteiger partial charge in [-0.1, -0.05) is 12.1 Å². The standard InChI is InChI=1S/C13H11FN4O2/c1-18-7-16-11(17-18)6-15-13(19)10-5-8-3-2-4-9(14)12(8)20-10/h2-5,7H,6H2,1H3,(H,15,19). The summed E-state index contributed by atoms with van der Waals surface area (Å²) in [6, 6.07) is 6.02. The van der Waals surface area contributed by atoms with Crippen molar-refractivity contribution in [2.24, 2.45) is 7.05 Å². The molecule has 3 aromatic rings.